The van der Waals surface area contributed by atoms with Gasteiger partial charge in [0, 0.05) is 24.2 Å². The normalized spacial score (nSPS) is 48.6. The van der Waals surface area contributed by atoms with Crippen LogP contribution < -0.4 is 0 Å². The number of Topliss-reactive ketones (excluding diaryl/α,β-unsaturated/α-hetero) is 1. The van der Waals surface area contributed by atoms with Gasteiger partial charge in [0.05, 0.1) is 13.2 Å². The van der Waals surface area contributed by atoms with Crippen LogP contribution in [0.1, 0.15) is 46.5 Å². The van der Waals surface area contributed by atoms with Crippen molar-refractivity contribution in [3.05, 3.63) is 0 Å². The van der Waals surface area contributed by atoms with Gasteiger partial charge in [0.15, 0.2) is 5.79 Å². The Labute approximate surface area is 103 Å². The molecule has 96 valence electrons. The maximum absolute atomic E-state index is 12.2. The maximum atomic E-state index is 12.2. The fourth-order valence-electron chi connectivity index (χ4n) is 4.35. The van der Waals surface area contributed by atoms with Crippen molar-refractivity contribution in [2.45, 2.75) is 52.2 Å². The zero-order valence-electron chi connectivity index (χ0n) is 11.0. The Balaban J connectivity index is 2.00. The second kappa shape index (κ2) is 3.33. The molecule has 2 saturated carbocycles. The average molecular weight is 238 g/mol. The van der Waals surface area contributed by atoms with Gasteiger partial charge >= 0.3 is 0 Å². The van der Waals surface area contributed by atoms with Gasteiger partial charge < -0.3 is 9.47 Å². The third kappa shape index (κ3) is 1.22. The third-order valence-electron chi connectivity index (χ3n) is 6.11. The lowest BCUT2D eigenvalue weighted by Crippen LogP contribution is -2.57. The number of carbonyl (C=O) groups excluding carboxylic acids is 1. The summed E-state index contributed by atoms with van der Waals surface area (Å²) in [7, 11) is 0. The fraction of sp³-hybridized carbons (Fsp3) is 0.929. The summed E-state index contributed by atoms with van der Waals surface area (Å²) in [5.74, 6) is 0.334. The molecule has 3 heteroatoms. The lowest BCUT2D eigenvalue weighted by molar-refractivity contribution is -0.257. The first-order valence-electron chi connectivity index (χ1n) is 6.76. The molecule has 1 saturated heterocycles. The van der Waals surface area contributed by atoms with Gasteiger partial charge in [0.2, 0.25) is 0 Å². The highest BCUT2D eigenvalue weighted by Crippen LogP contribution is 2.64. The van der Waals surface area contributed by atoms with E-state index in [1.54, 1.807) is 0 Å². The van der Waals surface area contributed by atoms with Crippen molar-refractivity contribution < 1.29 is 14.3 Å². The molecule has 3 atom stereocenters. The van der Waals surface area contributed by atoms with E-state index in [9.17, 15) is 4.79 Å². The van der Waals surface area contributed by atoms with Crippen molar-refractivity contribution in [2.75, 3.05) is 13.2 Å². The Kier molecular flexibility index (Phi) is 2.28. The average Bonchev–Trinajstić information content (AvgIpc) is 2.87. The van der Waals surface area contributed by atoms with E-state index in [4.69, 9.17) is 9.47 Å². The van der Waals surface area contributed by atoms with Crippen molar-refractivity contribution in [2.24, 2.45) is 16.7 Å². The van der Waals surface area contributed by atoms with E-state index in [2.05, 4.69) is 20.8 Å². The molecule has 3 aliphatic rings. The Morgan fingerprint density at radius 2 is 1.76 bits per heavy atom. The lowest BCUT2D eigenvalue weighted by atomic mass is 9.53. The first kappa shape index (κ1) is 11.7. The SMILES string of the molecule is CC1C2(CCC3(C)C(=O)CCC13C)OCCO2. The minimum Gasteiger partial charge on any atom is -0.347 e. The van der Waals surface area contributed by atoms with Crippen molar-refractivity contribution >= 4 is 5.78 Å². The molecular weight excluding hydrogens is 216 g/mol. The van der Waals surface area contributed by atoms with Gasteiger partial charge in [0.25, 0.3) is 0 Å². The third-order valence-corrected chi connectivity index (χ3v) is 6.11. The molecule has 3 fully saturated rings. The predicted molar refractivity (Wildman–Crippen MR) is 63.5 cm³/mol. The summed E-state index contributed by atoms with van der Waals surface area (Å²) in [6, 6.07) is 0. The van der Waals surface area contributed by atoms with E-state index in [0.717, 1.165) is 25.7 Å². The Bertz CT molecular complexity index is 358. The number of hydrogen-bond donors (Lipinski definition) is 0. The van der Waals surface area contributed by atoms with Crippen LogP contribution in [0, 0.1) is 16.7 Å². The maximum Gasteiger partial charge on any atom is 0.171 e. The van der Waals surface area contributed by atoms with E-state index in [0.29, 0.717) is 24.9 Å². The highest BCUT2D eigenvalue weighted by Gasteiger charge is 2.65. The highest BCUT2D eigenvalue weighted by molar-refractivity contribution is 5.88. The van der Waals surface area contributed by atoms with Gasteiger partial charge in [-0.3, -0.25) is 4.79 Å². The molecule has 0 aromatic carbocycles. The zero-order valence-corrected chi connectivity index (χ0v) is 11.0. The van der Waals surface area contributed by atoms with Crippen LogP contribution in [0.25, 0.3) is 0 Å². The quantitative estimate of drug-likeness (QED) is 0.650. The molecule has 3 nitrogen and oxygen atoms in total. The van der Waals surface area contributed by atoms with Crippen LogP contribution in [0.5, 0.6) is 0 Å². The van der Waals surface area contributed by atoms with Crippen LogP contribution in [0.2, 0.25) is 0 Å². The van der Waals surface area contributed by atoms with E-state index in [1.165, 1.54) is 0 Å². The molecule has 0 amide bonds. The summed E-state index contributed by atoms with van der Waals surface area (Å²) in [5, 5.41) is 0. The number of hydrogen-bond acceptors (Lipinski definition) is 3. The van der Waals surface area contributed by atoms with E-state index < -0.39 is 5.79 Å². The van der Waals surface area contributed by atoms with Crippen molar-refractivity contribution in [3.8, 4) is 0 Å². The van der Waals surface area contributed by atoms with Crippen molar-refractivity contribution in [1.82, 2.24) is 0 Å². The molecule has 0 bridgehead atoms. The first-order chi connectivity index (χ1) is 7.95. The fourth-order valence-corrected chi connectivity index (χ4v) is 4.35. The lowest BCUT2D eigenvalue weighted by Gasteiger charge is -2.55. The van der Waals surface area contributed by atoms with Crippen LogP contribution in [0.3, 0.4) is 0 Å². The summed E-state index contributed by atoms with van der Waals surface area (Å²) in [5.41, 5.74) is -0.125. The van der Waals surface area contributed by atoms with Crippen molar-refractivity contribution in [1.29, 1.82) is 0 Å². The molecular formula is C14H22O3. The number of fused-ring (bicyclic) bond motifs is 1. The summed E-state index contributed by atoms with van der Waals surface area (Å²) >= 11 is 0. The topological polar surface area (TPSA) is 35.5 Å². The standard InChI is InChI=1S/C14H22O3/c1-10-12(2)5-4-11(15)13(12,3)6-7-14(10)16-8-9-17-14/h10H,4-9H2,1-3H3. The Morgan fingerprint density at radius 1 is 1.12 bits per heavy atom. The van der Waals surface area contributed by atoms with Crippen LogP contribution >= 0.6 is 0 Å². The van der Waals surface area contributed by atoms with Crippen LogP contribution in [0.4, 0.5) is 0 Å². The van der Waals surface area contributed by atoms with Gasteiger partial charge in [-0.1, -0.05) is 20.8 Å². The number of ketones is 1. The zero-order chi connectivity index (χ0) is 12.3. The summed E-state index contributed by atoms with van der Waals surface area (Å²) in [4.78, 5) is 12.2. The summed E-state index contributed by atoms with van der Waals surface area (Å²) in [6.45, 7) is 8.02. The predicted octanol–water partition coefficient (Wildman–Crippen LogP) is 2.53. The molecule has 1 heterocycles. The molecule has 2 aliphatic carbocycles. The van der Waals surface area contributed by atoms with Crippen LogP contribution in [-0.2, 0) is 14.3 Å². The van der Waals surface area contributed by atoms with Crippen LogP contribution in [-0.4, -0.2) is 24.8 Å². The van der Waals surface area contributed by atoms with Gasteiger partial charge in [-0.25, -0.2) is 0 Å². The van der Waals surface area contributed by atoms with Gasteiger partial charge in [0.1, 0.15) is 5.78 Å². The minimum absolute atomic E-state index is 0.0344. The van der Waals surface area contributed by atoms with E-state index in [-0.39, 0.29) is 10.8 Å². The smallest absolute Gasteiger partial charge is 0.171 e. The Hall–Kier alpha value is -0.410. The Morgan fingerprint density at radius 3 is 2.41 bits per heavy atom. The first-order valence-corrected chi connectivity index (χ1v) is 6.76. The van der Waals surface area contributed by atoms with Crippen molar-refractivity contribution in [3.63, 3.8) is 0 Å². The molecule has 0 aromatic heterocycles. The number of ether oxygens (including phenoxy) is 2. The monoisotopic (exact) mass is 238 g/mol. The molecule has 3 unspecified atom stereocenters. The molecule has 1 spiro atoms. The number of rotatable bonds is 0. The highest BCUT2D eigenvalue weighted by atomic mass is 16.7. The van der Waals surface area contributed by atoms with Crippen LogP contribution in [0.15, 0.2) is 0 Å². The van der Waals surface area contributed by atoms with Gasteiger partial charge in [-0.2, -0.15) is 0 Å². The molecule has 0 aromatic rings. The second-order valence-electron chi connectivity index (χ2n) is 6.40. The van der Waals surface area contributed by atoms with Gasteiger partial charge in [-0.15, -0.1) is 0 Å². The molecule has 0 radical (unpaired) electrons. The van der Waals surface area contributed by atoms with E-state index >= 15 is 0 Å². The molecule has 1 aliphatic heterocycles. The summed E-state index contributed by atoms with van der Waals surface area (Å²) in [6.07, 6.45) is 3.49. The summed E-state index contributed by atoms with van der Waals surface area (Å²) < 4.78 is 11.8. The molecule has 0 N–H and O–H groups in total. The molecule has 17 heavy (non-hydrogen) atoms. The second-order valence-corrected chi connectivity index (χ2v) is 6.40. The minimum atomic E-state index is -0.404. The largest absolute Gasteiger partial charge is 0.347 e. The molecule has 3 rings (SSSR count). The number of carbonyl (C=O) groups is 1. The van der Waals surface area contributed by atoms with Gasteiger partial charge in [-0.05, 0) is 18.3 Å². The van der Waals surface area contributed by atoms with E-state index in [1.807, 2.05) is 0 Å².